The molecule has 14 heteroatoms. The summed E-state index contributed by atoms with van der Waals surface area (Å²) in [5.41, 5.74) is -0.865. The number of ether oxygens (including phenoxy) is 2. The van der Waals surface area contributed by atoms with E-state index in [2.05, 4.69) is 47.9 Å². The molecule has 2 aliphatic rings. The number of hydrogen-bond donors (Lipinski definition) is 0. The number of aromatic nitrogens is 2. The van der Waals surface area contributed by atoms with E-state index in [4.69, 9.17) is 19.4 Å². The summed E-state index contributed by atoms with van der Waals surface area (Å²) in [5.74, 6) is 0.753. The third kappa shape index (κ3) is 11.2. The standard InChI is InChI=1S/C29H43N5O3.C8H4F6/c1-6-23-18-24(33(7-2)27-30-20-26(21-31-27)32-13-15-36-16-14-32)19-25(17-22-11-9-8-10-12-22)34(23)28(35)37-29(3,4)5;9-7(10,11)5-2-1-3-6(4-5)8(12,13)14/h8-12,20-21,23-25H,6-7,13-19H2,1-5H3;1-4H/t23-,24+,25+;/m1./s1. The number of benzene rings is 2. The lowest BCUT2D eigenvalue weighted by Crippen LogP contribution is -2.58. The largest absolute Gasteiger partial charge is 0.444 e. The Morgan fingerprint density at radius 1 is 0.863 bits per heavy atom. The maximum atomic E-state index is 13.4. The Balaban J connectivity index is 0.000000349. The molecule has 2 aliphatic heterocycles. The number of piperidine rings is 1. The molecule has 1 amide bonds. The smallest absolute Gasteiger partial charge is 0.416 e. The summed E-state index contributed by atoms with van der Waals surface area (Å²) in [5, 5.41) is 0. The number of carbonyl (C=O) groups is 1. The van der Waals surface area contributed by atoms with Gasteiger partial charge in [-0.1, -0.05) is 43.3 Å². The van der Waals surface area contributed by atoms with Gasteiger partial charge in [-0.2, -0.15) is 26.3 Å². The minimum atomic E-state index is -4.75. The lowest BCUT2D eigenvalue weighted by atomic mass is 9.86. The molecule has 51 heavy (non-hydrogen) atoms. The van der Waals surface area contributed by atoms with Crippen molar-refractivity contribution in [3.8, 4) is 0 Å². The van der Waals surface area contributed by atoms with Gasteiger partial charge >= 0.3 is 18.4 Å². The van der Waals surface area contributed by atoms with Crippen molar-refractivity contribution < 1.29 is 40.6 Å². The Morgan fingerprint density at radius 3 is 1.94 bits per heavy atom. The minimum absolute atomic E-state index is 0.0302. The zero-order valence-electron chi connectivity index (χ0n) is 29.7. The van der Waals surface area contributed by atoms with Crippen LogP contribution in [0.5, 0.6) is 0 Å². The van der Waals surface area contributed by atoms with Gasteiger partial charge in [0, 0.05) is 37.8 Å². The second-order valence-corrected chi connectivity index (χ2v) is 13.6. The number of rotatable bonds is 7. The van der Waals surface area contributed by atoms with Gasteiger partial charge < -0.3 is 24.2 Å². The topological polar surface area (TPSA) is 71.0 Å². The van der Waals surface area contributed by atoms with Crippen LogP contribution < -0.4 is 9.80 Å². The number of nitrogens with zero attached hydrogens (tertiary/aromatic N) is 5. The summed E-state index contributed by atoms with van der Waals surface area (Å²) in [6, 6.07) is 12.8. The van der Waals surface area contributed by atoms with Crippen LogP contribution in [0.4, 0.5) is 42.8 Å². The van der Waals surface area contributed by atoms with Gasteiger partial charge in [-0.15, -0.1) is 0 Å². The average molecular weight is 724 g/mol. The van der Waals surface area contributed by atoms with E-state index in [-0.39, 0.29) is 30.3 Å². The quantitative estimate of drug-likeness (QED) is 0.226. The molecule has 0 bridgehead atoms. The number of alkyl halides is 6. The van der Waals surface area contributed by atoms with Crippen molar-refractivity contribution in [1.82, 2.24) is 14.9 Å². The van der Waals surface area contributed by atoms with Crippen LogP contribution in [-0.4, -0.2) is 77.5 Å². The highest BCUT2D eigenvalue weighted by atomic mass is 19.4. The van der Waals surface area contributed by atoms with Crippen LogP contribution in [0.3, 0.4) is 0 Å². The molecule has 5 rings (SSSR count). The minimum Gasteiger partial charge on any atom is -0.444 e. The Morgan fingerprint density at radius 2 is 1.43 bits per heavy atom. The SMILES string of the molecule is CC[C@@H]1C[C@H](N(CC)c2ncc(N3CCOCC3)cn2)C[C@H](Cc2ccccc2)N1C(=O)OC(C)(C)C.FC(F)(F)c1cccc(C(F)(F)F)c1. The molecule has 0 unspecified atom stereocenters. The first-order valence-electron chi connectivity index (χ1n) is 17.2. The maximum absolute atomic E-state index is 13.4. The Bertz CT molecular complexity index is 1500. The predicted molar refractivity (Wildman–Crippen MR) is 184 cm³/mol. The Kier molecular flexibility index (Phi) is 13.2. The van der Waals surface area contributed by atoms with Crippen LogP contribution in [0.25, 0.3) is 0 Å². The van der Waals surface area contributed by atoms with Gasteiger partial charge in [-0.25, -0.2) is 14.8 Å². The highest BCUT2D eigenvalue weighted by molar-refractivity contribution is 5.69. The molecule has 8 nitrogen and oxygen atoms in total. The van der Waals surface area contributed by atoms with E-state index in [9.17, 15) is 31.1 Å². The van der Waals surface area contributed by atoms with E-state index in [1.54, 1.807) is 0 Å². The Labute approximate surface area is 295 Å². The lowest BCUT2D eigenvalue weighted by Gasteiger charge is -2.48. The first kappa shape index (κ1) is 39.7. The fourth-order valence-electron chi connectivity index (χ4n) is 6.43. The van der Waals surface area contributed by atoms with Crippen molar-refractivity contribution in [2.24, 2.45) is 0 Å². The van der Waals surface area contributed by atoms with Gasteiger partial charge in [0.05, 0.1) is 42.4 Å². The molecule has 3 aromatic rings. The Hall–Kier alpha value is -4.07. The normalized spacial score (nSPS) is 19.9. The van der Waals surface area contributed by atoms with Crippen LogP contribution in [0.15, 0.2) is 67.0 Å². The maximum Gasteiger partial charge on any atom is 0.416 e. The number of halogens is 6. The zero-order chi connectivity index (χ0) is 37.4. The van der Waals surface area contributed by atoms with E-state index in [1.807, 2.05) is 44.1 Å². The number of carbonyl (C=O) groups excluding carboxylic acids is 1. The second kappa shape index (κ2) is 17.0. The van der Waals surface area contributed by atoms with Gasteiger partial charge in [0.25, 0.3) is 0 Å². The van der Waals surface area contributed by atoms with Gasteiger partial charge in [0.2, 0.25) is 5.95 Å². The van der Waals surface area contributed by atoms with E-state index in [0.29, 0.717) is 12.1 Å². The monoisotopic (exact) mass is 723 g/mol. The van der Waals surface area contributed by atoms with Gasteiger partial charge in [-0.05, 0) is 77.1 Å². The molecule has 2 saturated heterocycles. The van der Waals surface area contributed by atoms with E-state index < -0.39 is 29.1 Å². The van der Waals surface area contributed by atoms with Crippen molar-refractivity contribution in [3.63, 3.8) is 0 Å². The van der Waals surface area contributed by atoms with Gasteiger partial charge in [0.1, 0.15) is 5.60 Å². The lowest BCUT2D eigenvalue weighted by molar-refractivity contribution is -0.143. The molecule has 0 N–H and O–H groups in total. The number of likely N-dealkylation sites (tertiary alicyclic amines) is 1. The highest BCUT2D eigenvalue weighted by Crippen LogP contribution is 2.36. The van der Waals surface area contributed by atoms with E-state index in [1.165, 1.54) is 5.56 Å². The van der Waals surface area contributed by atoms with Crippen LogP contribution in [0.1, 0.15) is 70.6 Å². The molecule has 0 saturated carbocycles. The molecule has 2 fully saturated rings. The summed E-state index contributed by atoms with van der Waals surface area (Å²) in [6.07, 6.45) is -2.47. The first-order chi connectivity index (χ1) is 24.0. The number of anilines is 2. The molecule has 1 aromatic heterocycles. The van der Waals surface area contributed by atoms with Crippen LogP contribution >= 0.6 is 0 Å². The van der Waals surface area contributed by atoms with Crippen LogP contribution in [-0.2, 0) is 28.2 Å². The molecular weight excluding hydrogens is 676 g/mol. The number of amides is 1. The average Bonchev–Trinajstić information content (AvgIpc) is 3.08. The highest BCUT2D eigenvalue weighted by Gasteiger charge is 2.42. The molecule has 3 atom stereocenters. The third-order valence-corrected chi connectivity index (χ3v) is 8.82. The van der Waals surface area contributed by atoms with E-state index in [0.717, 1.165) is 76.2 Å². The van der Waals surface area contributed by atoms with Crippen LogP contribution in [0, 0.1) is 0 Å². The van der Waals surface area contributed by atoms with Crippen molar-refractivity contribution >= 4 is 17.7 Å². The first-order valence-corrected chi connectivity index (χ1v) is 17.2. The van der Waals surface area contributed by atoms with Gasteiger partial charge in [-0.3, -0.25) is 0 Å². The van der Waals surface area contributed by atoms with Crippen molar-refractivity contribution in [2.45, 2.75) is 96.4 Å². The summed E-state index contributed by atoms with van der Waals surface area (Å²) in [6.45, 7) is 14.1. The van der Waals surface area contributed by atoms with Crippen molar-refractivity contribution in [3.05, 3.63) is 83.7 Å². The molecule has 3 heterocycles. The predicted octanol–water partition coefficient (Wildman–Crippen LogP) is 8.65. The summed E-state index contributed by atoms with van der Waals surface area (Å²) >= 11 is 0. The van der Waals surface area contributed by atoms with Crippen molar-refractivity contribution in [2.75, 3.05) is 42.6 Å². The molecule has 0 spiro atoms. The second-order valence-electron chi connectivity index (χ2n) is 13.6. The fourth-order valence-corrected chi connectivity index (χ4v) is 6.43. The number of morpholine rings is 1. The molecule has 0 aliphatic carbocycles. The van der Waals surface area contributed by atoms with Crippen LogP contribution in [0.2, 0.25) is 0 Å². The van der Waals surface area contributed by atoms with Gasteiger partial charge in [0.15, 0.2) is 0 Å². The summed E-state index contributed by atoms with van der Waals surface area (Å²) < 4.78 is 83.3. The fraction of sp³-hybridized carbons (Fsp3) is 0.541. The molecule has 2 aromatic carbocycles. The van der Waals surface area contributed by atoms with E-state index >= 15 is 0 Å². The van der Waals surface area contributed by atoms with Crippen molar-refractivity contribution in [1.29, 1.82) is 0 Å². The zero-order valence-corrected chi connectivity index (χ0v) is 29.7. The summed E-state index contributed by atoms with van der Waals surface area (Å²) in [7, 11) is 0. The summed E-state index contributed by atoms with van der Waals surface area (Å²) in [4.78, 5) is 29.6. The molecule has 0 radical (unpaired) electrons. The number of hydrogen-bond acceptors (Lipinski definition) is 7. The molecule has 280 valence electrons. The third-order valence-electron chi connectivity index (χ3n) is 8.82. The molecular formula is C37H47F6N5O3.